The highest BCUT2D eigenvalue weighted by molar-refractivity contribution is 5.94. The van der Waals surface area contributed by atoms with Gasteiger partial charge in [-0.3, -0.25) is 9.78 Å². The van der Waals surface area contributed by atoms with Crippen LogP contribution in [0.25, 0.3) is 22.6 Å². The van der Waals surface area contributed by atoms with Crippen LogP contribution in [0.1, 0.15) is 41.7 Å². The van der Waals surface area contributed by atoms with E-state index < -0.39 is 0 Å². The Balaban J connectivity index is 1.45. The van der Waals surface area contributed by atoms with Gasteiger partial charge in [0, 0.05) is 12.1 Å². The van der Waals surface area contributed by atoms with Gasteiger partial charge in [-0.1, -0.05) is 35.5 Å². The van der Waals surface area contributed by atoms with Crippen molar-refractivity contribution in [1.82, 2.24) is 30.0 Å². The molecular formula is C20H18N6O3. The largest absolute Gasteiger partial charge is 0.337 e. The standard InChI is InChI=1S/C20H18N6O3/c27-19(14-10-9-13-17(21-14)24-20(28)22-13)26-11-5-4-8-15(26)18-23-16(25-29-18)12-6-2-1-3-7-12/h1-3,6-7,9-10,15H,4-5,8,11H2,(H2,21,22,24,28). The molecule has 4 aromatic rings. The van der Waals surface area contributed by atoms with Gasteiger partial charge in [0.05, 0.1) is 5.52 Å². The van der Waals surface area contributed by atoms with Crippen LogP contribution in [0.5, 0.6) is 0 Å². The lowest BCUT2D eigenvalue weighted by atomic mass is 10.0. The number of pyridine rings is 1. The average molecular weight is 390 g/mol. The van der Waals surface area contributed by atoms with Gasteiger partial charge in [0.1, 0.15) is 11.7 Å². The first-order chi connectivity index (χ1) is 14.2. The number of carbonyl (C=O) groups excluding carboxylic acids is 1. The van der Waals surface area contributed by atoms with E-state index in [0.717, 1.165) is 24.8 Å². The normalized spacial score (nSPS) is 17.0. The van der Waals surface area contributed by atoms with Gasteiger partial charge >= 0.3 is 5.69 Å². The molecule has 2 N–H and O–H groups in total. The van der Waals surface area contributed by atoms with E-state index in [9.17, 15) is 9.59 Å². The molecule has 0 bridgehead atoms. The molecule has 3 aromatic heterocycles. The van der Waals surface area contributed by atoms with Gasteiger partial charge in [-0.15, -0.1) is 0 Å². The lowest BCUT2D eigenvalue weighted by molar-refractivity contribution is 0.0556. The molecule has 1 fully saturated rings. The molecule has 1 saturated heterocycles. The summed E-state index contributed by atoms with van der Waals surface area (Å²) in [6.07, 6.45) is 2.60. The van der Waals surface area contributed by atoms with Crippen LogP contribution in [0.2, 0.25) is 0 Å². The zero-order valence-electron chi connectivity index (χ0n) is 15.5. The molecule has 1 aliphatic rings. The van der Waals surface area contributed by atoms with Gasteiger partial charge in [-0.05, 0) is 31.4 Å². The maximum Gasteiger partial charge on any atom is 0.325 e. The third-order valence-corrected chi connectivity index (χ3v) is 5.12. The maximum atomic E-state index is 13.2. The number of hydrogen-bond acceptors (Lipinski definition) is 6. The number of carbonyl (C=O) groups is 1. The number of fused-ring (bicyclic) bond motifs is 1. The Bertz CT molecular complexity index is 1230. The van der Waals surface area contributed by atoms with Crippen molar-refractivity contribution in [2.24, 2.45) is 0 Å². The Labute approximate surface area is 164 Å². The summed E-state index contributed by atoms with van der Waals surface area (Å²) < 4.78 is 5.52. The number of nitrogens with one attached hydrogen (secondary N) is 2. The summed E-state index contributed by atoms with van der Waals surface area (Å²) in [6.45, 7) is 0.579. The fourth-order valence-corrected chi connectivity index (χ4v) is 3.69. The summed E-state index contributed by atoms with van der Waals surface area (Å²) in [6, 6.07) is 12.6. The van der Waals surface area contributed by atoms with Crippen molar-refractivity contribution in [2.45, 2.75) is 25.3 Å². The molecule has 1 unspecified atom stereocenters. The molecule has 0 spiro atoms. The van der Waals surface area contributed by atoms with Crippen LogP contribution >= 0.6 is 0 Å². The number of likely N-dealkylation sites (tertiary alicyclic amines) is 1. The summed E-state index contributed by atoms with van der Waals surface area (Å²) >= 11 is 0. The molecule has 4 heterocycles. The van der Waals surface area contributed by atoms with Crippen LogP contribution in [0.15, 0.2) is 51.8 Å². The minimum absolute atomic E-state index is 0.224. The van der Waals surface area contributed by atoms with E-state index in [1.165, 1.54) is 0 Å². The predicted molar refractivity (Wildman–Crippen MR) is 104 cm³/mol. The second kappa shape index (κ2) is 7.01. The van der Waals surface area contributed by atoms with Crippen LogP contribution in [0.3, 0.4) is 0 Å². The summed E-state index contributed by atoms with van der Waals surface area (Å²) in [5.74, 6) is 0.703. The third kappa shape index (κ3) is 3.20. The van der Waals surface area contributed by atoms with Crippen LogP contribution in [-0.2, 0) is 0 Å². The Morgan fingerprint density at radius 1 is 1.07 bits per heavy atom. The van der Waals surface area contributed by atoms with Crippen molar-refractivity contribution in [3.63, 3.8) is 0 Å². The predicted octanol–water partition coefficient (Wildman–Crippen LogP) is 2.67. The zero-order valence-corrected chi connectivity index (χ0v) is 15.5. The van der Waals surface area contributed by atoms with E-state index in [-0.39, 0.29) is 23.3 Å². The second-order valence-corrected chi connectivity index (χ2v) is 7.00. The number of aromatic amines is 2. The van der Waals surface area contributed by atoms with Crippen molar-refractivity contribution in [1.29, 1.82) is 0 Å². The van der Waals surface area contributed by atoms with E-state index in [4.69, 9.17) is 4.52 Å². The number of nitrogens with zero attached hydrogens (tertiary/aromatic N) is 4. The Hall–Kier alpha value is -3.75. The van der Waals surface area contributed by atoms with E-state index in [1.54, 1.807) is 17.0 Å². The molecule has 0 saturated carbocycles. The van der Waals surface area contributed by atoms with Crippen molar-refractivity contribution < 1.29 is 9.32 Å². The molecule has 29 heavy (non-hydrogen) atoms. The van der Waals surface area contributed by atoms with Crippen LogP contribution < -0.4 is 5.69 Å². The zero-order chi connectivity index (χ0) is 19.8. The van der Waals surface area contributed by atoms with Crippen LogP contribution in [-0.4, -0.2) is 42.4 Å². The number of piperidine rings is 1. The SMILES string of the molecule is O=C(c1ccc2[nH]c(=O)[nH]c2n1)N1CCCCC1c1nc(-c2ccccc2)no1. The van der Waals surface area contributed by atoms with E-state index >= 15 is 0 Å². The summed E-state index contributed by atoms with van der Waals surface area (Å²) in [5.41, 5.74) is 1.69. The molecule has 0 aliphatic carbocycles. The molecule has 9 heteroatoms. The number of imidazole rings is 1. The minimum atomic E-state index is -0.354. The van der Waals surface area contributed by atoms with Gasteiger partial charge < -0.3 is 14.4 Å². The number of hydrogen-bond donors (Lipinski definition) is 2. The number of rotatable bonds is 3. The lowest BCUT2D eigenvalue weighted by Crippen LogP contribution is -2.39. The number of amides is 1. The van der Waals surface area contributed by atoms with Crippen LogP contribution in [0, 0.1) is 0 Å². The third-order valence-electron chi connectivity index (χ3n) is 5.12. The summed E-state index contributed by atoms with van der Waals surface area (Å²) in [4.78, 5) is 40.4. The molecule has 0 radical (unpaired) electrons. The van der Waals surface area contributed by atoms with Gasteiger partial charge in [0.2, 0.25) is 11.7 Å². The molecule has 1 aromatic carbocycles. The van der Waals surface area contributed by atoms with E-state index in [2.05, 4.69) is 25.1 Å². The molecule has 1 amide bonds. The van der Waals surface area contributed by atoms with Gasteiger partial charge in [-0.2, -0.15) is 4.98 Å². The monoisotopic (exact) mass is 390 g/mol. The Kier molecular flexibility index (Phi) is 4.19. The van der Waals surface area contributed by atoms with Crippen molar-refractivity contribution in [3.8, 4) is 11.4 Å². The van der Waals surface area contributed by atoms with Gasteiger partial charge in [0.15, 0.2) is 5.65 Å². The van der Waals surface area contributed by atoms with E-state index in [0.29, 0.717) is 29.4 Å². The Morgan fingerprint density at radius 3 is 2.79 bits per heavy atom. The van der Waals surface area contributed by atoms with Crippen molar-refractivity contribution in [2.75, 3.05) is 6.54 Å². The molecule has 146 valence electrons. The number of aromatic nitrogens is 5. The second-order valence-electron chi connectivity index (χ2n) is 7.00. The van der Waals surface area contributed by atoms with Gasteiger partial charge in [0.25, 0.3) is 5.91 Å². The molecule has 1 atom stereocenters. The molecule has 1 aliphatic heterocycles. The minimum Gasteiger partial charge on any atom is -0.337 e. The molecule has 5 rings (SSSR count). The first-order valence-corrected chi connectivity index (χ1v) is 9.48. The summed E-state index contributed by atoms with van der Waals surface area (Å²) in [5, 5.41) is 4.09. The fourth-order valence-electron chi connectivity index (χ4n) is 3.69. The molecular weight excluding hydrogens is 372 g/mol. The smallest absolute Gasteiger partial charge is 0.325 e. The Morgan fingerprint density at radius 2 is 1.93 bits per heavy atom. The maximum absolute atomic E-state index is 13.2. The highest BCUT2D eigenvalue weighted by Gasteiger charge is 2.33. The highest BCUT2D eigenvalue weighted by atomic mass is 16.5. The first kappa shape index (κ1) is 17.4. The van der Waals surface area contributed by atoms with Crippen molar-refractivity contribution in [3.05, 3.63) is 64.5 Å². The van der Waals surface area contributed by atoms with E-state index in [1.807, 2.05) is 30.3 Å². The molecule has 9 nitrogen and oxygen atoms in total. The fraction of sp³-hybridized carbons (Fsp3) is 0.250. The topological polar surface area (TPSA) is 121 Å². The number of H-pyrrole nitrogens is 2. The van der Waals surface area contributed by atoms with Gasteiger partial charge in [-0.25, -0.2) is 9.78 Å². The summed E-state index contributed by atoms with van der Waals surface area (Å²) in [7, 11) is 0. The van der Waals surface area contributed by atoms with Crippen LogP contribution in [0.4, 0.5) is 0 Å². The number of benzene rings is 1. The van der Waals surface area contributed by atoms with Crippen molar-refractivity contribution >= 4 is 17.1 Å². The lowest BCUT2D eigenvalue weighted by Gasteiger charge is -2.33. The quantitative estimate of drug-likeness (QED) is 0.555. The average Bonchev–Trinajstić information content (AvgIpc) is 3.39. The highest BCUT2D eigenvalue weighted by Crippen LogP contribution is 2.32. The first-order valence-electron chi connectivity index (χ1n) is 9.48.